The fourth-order valence-electron chi connectivity index (χ4n) is 2.25. The van der Waals surface area contributed by atoms with Crippen LogP contribution in [0.3, 0.4) is 0 Å². The number of carbonyl (C=O) groups is 2. The molecule has 16 heavy (non-hydrogen) atoms. The first-order chi connectivity index (χ1) is 7.61. The number of allylic oxidation sites excluding steroid dienone is 5. The highest BCUT2D eigenvalue weighted by Gasteiger charge is 2.39. The molecule has 0 radical (unpaired) electrons. The maximum atomic E-state index is 11.2. The Morgan fingerprint density at radius 3 is 2.56 bits per heavy atom. The second-order valence-corrected chi connectivity index (χ2v) is 3.95. The van der Waals surface area contributed by atoms with Crippen LogP contribution < -0.4 is 0 Å². The topological polar surface area (TPSA) is 74.6 Å². The molecule has 84 valence electrons. The number of fused-ring (bicyclic) bond motifs is 1. The standard InChI is InChI=1S/C12H12O4/c13-11(14)9-6-5-7-3-1-2-4-8(7)10(9)12(15)16/h1,3-5,9-10H,2,6H2,(H,13,14)(H,15,16). The molecule has 2 rings (SSSR count). The Hall–Kier alpha value is -1.84. The zero-order valence-electron chi connectivity index (χ0n) is 8.59. The minimum Gasteiger partial charge on any atom is -0.481 e. The zero-order chi connectivity index (χ0) is 11.7. The second-order valence-electron chi connectivity index (χ2n) is 3.95. The summed E-state index contributed by atoms with van der Waals surface area (Å²) in [5.41, 5.74) is 1.50. The van der Waals surface area contributed by atoms with E-state index < -0.39 is 23.8 Å². The van der Waals surface area contributed by atoms with Crippen LogP contribution in [-0.2, 0) is 9.59 Å². The highest BCUT2D eigenvalue weighted by molar-refractivity contribution is 5.85. The van der Waals surface area contributed by atoms with Crippen LogP contribution in [0.5, 0.6) is 0 Å². The lowest BCUT2D eigenvalue weighted by molar-refractivity contribution is -0.152. The summed E-state index contributed by atoms with van der Waals surface area (Å²) < 4.78 is 0. The average Bonchev–Trinajstić information content (AvgIpc) is 2.27. The Kier molecular flexibility index (Phi) is 2.64. The van der Waals surface area contributed by atoms with Crippen molar-refractivity contribution in [2.75, 3.05) is 0 Å². The Balaban J connectivity index is 2.42. The Bertz CT molecular complexity index is 428. The molecule has 0 fully saturated rings. The van der Waals surface area contributed by atoms with Crippen LogP contribution in [0, 0.1) is 11.8 Å². The van der Waals surface area contributed by atoms with E-state index in [9.17, 15) is 9.59 Å². The van der Waals surface area contributed by atoms with Gasteiger partial charge in [0.25, 0.3) is 0 Å². The molecule has 2 aliphatic carbocycles. The van der Waals surface area contributed by atoms with Crippen LogP contribution in [0.25, 0.3) is 0 Å². The van der Waals surface area contributed by atoms with E-state index in [4.69, 9.17) is 10.2 Å². The molecule has 0 spiro atoms. The molecule has 0 saturated carbocycles. The molecule has 0 aromatic heterocycles. The third kappa shape index (κ3) is 1.66. The molecular weight excluding hydrogens is 208 g/mol. The molecule has 0 bridgehead atoms. The molecule has 0 aromatic rings. The van der Waals surface area contributed by atoms with Crippen molar-refractivity contribution in [3.63, 3.8) is 0 Å². The molecular formula is C12H12O4. The molecule has 2 N–H and O–H groups in total. The van der Waals surface area contributed by atoms with E-state index in [1.807, 2.05) is 12.2 Å². The van der Waals surface area contributed by atoms with Crippen LogP contribution in [0.4, 0.5) is 0 Å². The molecule has 0 aromatic carbocycles. The second kappa shape index (κ2) is 3.96. The molecule has 4 heteroatoms. The van der Waals surface area contributed by atoms with Gasteiger partial charge in [-0.15, -0.1) is 0 Å². The summed E-state index contributed by atoms with van der Waals surface area (Å²) in [6.45, 7) is 0. The van der Waals surface area contributed by atoms with Gasteiger partial charge in [-0.2, -0.15) is 0 Å². The monoisotopic (exact) mass is 220 g/mol. The summed E-state index contributed by atoms with van der Waals surface area (Å²) in [7, 11) is 0. The molecule has 2 atom stereocenters. The van der Waals surface area contributed by atoms with Gasteiger partial charge in [-0.25, -0.2) is 0 Å². The van der Waals surface area contributed by atoms with Crippen molar-refractivity contribution in [3.8, 4) is 0 Å². The summed E-state index contributed by atoms with van der Waals surface area (Å²) in [4.78, 5) is 22.2. The van der Waals surface area contributed by atoms with Gasteiger partial charge in [0.2, 0.25) is 0 Å². The van der Waals surface area contributed by atoms with E-state index in [-0.39, 0.29) is 6.42 Å². The van der Waals surface area contributed by atoms with Gasteiger partial charge in [0.05, 0.1) is 11.8 Å². The summed E-state index contributed by atoms with van der Waals surface area (Å²) in [6, 6.07) is 0. The molecule has 0 saturated heterocycles. The van der Waals surface area contributed by atoms with E-state index in [0.717, 1.165) is 5.57 Å². The van der Waals surface area contributed by atoms with Crippen molar-refractivity contribution in [2.24, 2.45) is 11.8 Å². The SMILES string of the molecule is O=C(O)C1CC=C2C=CCC=C2C1C(=O)O. The van der Waals surface area contributed by atoms with Crippen molar-refractivity contribution in [2.45, 2.75) is 12.8 Å². The molecule has 0 aliphatic heterocycles. The van der Waals surface area contributed by atoms with E-state index >= 15 is 0 Å². The Labute approximate surface area is 92.6 Å². The Morgan fingerprint density at radius 2 is 1.94 bits per heavy atom. The number of carboxylic acid groups (broad SMARTS) is 2. The molecule has 0 heterocycles. The molecule has 2 unspecified atom stereocenters. The number of rotatable bonds is 2. The van der Waals surface area contributed by atoms with Crippen molar-refractivity contribution >= 4 is 11.9 Å². The minimum atomic E-state index is -1.06. The lowest BCUT2D eigenvalue weighted by atomic mass is 9.74. The van der Waals surface area contributed by atoms with Gasteiger partial charge in [0.1, 0.15) is 0 Å². The zero-order valence-corrected chi connectivity index (χ0v) is 8.59. The third-order valence-electron chi connectivity index (χ3n) is 3.02. The number of hydrogen-bond donors (Lipinski definition) is 2. The van der Waals surface area contributed by atoms with Gasteiger partial charge in [0.15, 0.2) is 0 Å². The smallest absolute Gasteiger partial charge is 0.311 e. The highest BCUT2D eigenvalue weighted by atomic mass is 16.4. The van der Waals surface area contributed by atoms with Crippen molar-refractivity contribution in [3.05, 3.63) is 35.5 Å². The minimum absolute atomic E-state index is 0.281. The fraction of sp³-hybridized carbons (Fsp3) is 0.333. The highest BCUT2D eigenvalue weighted by Crippen LogP contribution is 2.37. The fourth-order valence-corrected chi connectivity index (χ4v) is 2.25. The van der Waals surface area contributed by atoms with Gasteiger partial charge in [-0.05, 0) is 24.0 Å². The Morgan fingerprint density at radius 1 is 1.19 bits per heavy atom. The molecule has 4 nitrogen and oxygen atoms in total. The van der Waals surface area contributed by atoms with Gasteiger partial charge in [0, 0.05) is 0 Å². The number of aliphatic carboxylic acids is 2. The summed E-state index contributed by atoms with van der Waals surface area (Å²) in [5, 5.41) is 18.2. The van der Waals surface area contributed by atoms with E-state index in [1.165, 1.54) is 0 Å². The first-order valence-corrected chi connectivity index (χ1v) is 5.14. The number of carboxylic acids is 2. The van der Waals surface area contributed by atoms with Crippen molar-refractivity contribution in [1.29, 1.82) is 0 Å². The maximum Gasteiger partial charge on any atom is 0.311 e. The van der Waals surface area contributed by atoms with Gasteiger partial charge in [-0.1, -0.05) is 24.3 Å². The normalized spacial score (nSPS) is 27.8. The summed E-state index contributed by atoms with van der Waals surface area (Å²) in [5.74, 6) is -3.86. The number of hydrogen-bond acceptors (Lipinski definition) is 2. The predicted octanol–water partition coefficient (Wildman–Crippen LogP) is 1.60. The molecule has 0 amide bonds. The maximum absolute atomic E-state index is 11.2. The van der Waals surface area contributed by atoms with Gasteiger partial charge in [-0.3, -0.25) is 9.59 Å². The average molecular weight is 220 g/mol. The lowest BCUT2D eigenvalue weighted by Crippen LogP contribution is -2.34. The molecule has 2 aliphatic rings. The van der Waals surface area contributed by atoms with Crippen LogP contribution >= 0.6 is 0 Å². The van der Waals surface area contributed by atoms with Gasteiger partial charge >= 0.3 is 11.9 Å². The lowest BCUT2D eigenvalue weighted by Gasteiger charge is -2.28. The third-order valence-corrected chi connectivity index (χ3v) is 3.02. The van der Waals surface area contributed by atoms with E-state index in [0.29, 0.717) is 12.0 Å². The first-order valence-electron chi connectivity index (χ1n) is 5.14. The van der Waals surface area contributed by atoms with Crippen molar-refractivity contribution < 1.29 is 19.8 Å². The van der Waals surface area contributed by atoms with Crippen LogP contribution in [0.15, 0.2) is 35.5 Å². The van der Waals surface area contributed by atoms with Crippen LogP contribution in [-0.4, -0.2) is 22.2 Å². The summed E-state index contributed by atoms with van der Waals surface area (Å²) >= 11 is 0. The predicted molar refractivity (Wildman–Crippen MR) is 56.8 cm³/mol. The quantitative estimate of drug-likeness (QED) is 0.741. The van der Waals surface area contributed by atoms with Gasteiger partial charge < -0.3 is 10.2 Å². The van der Waals surface area contributed by atoms with E-state index in [1.54, 1.807) is 12.2 Å². The summed E-state index contributed by atoms with van der Waals surface area (Å²) in [6.07, 6.45) is 8.37. The van der Waals surface area contributed by atoms with Crippen molar-refractivity contribution in [1.82, 2.24) is 0 Å². The van der Waals surface area contributed by atoms with Crippen LogP contribution in [0.2, 0.25) is 0 Å². The van der Waals surface area contributed by atoms with E-state index in [2.05, 4.69) is 0 Å². The first kappa shape index (κ1) is 10.7. The van der Waals surface area contributed by atoms with Crippen LogP contribution in [0.1, 0.15) is 12.8 Å². The largest absolute Gasteiger partial charge is 0.481 e.